The molecule has 1 aromatic heterocycles. The van der Waals surface area contributed by atoms with Crippen LogP contribution in [-0.4, -0.2) is 55.3 Å². The van der Waals surface area contributed by atoms with Gasteiger partial charge in [-0.15, -0.1) is 0 Å². The summed E-state index contributed by atoms with van der Waals surface area (Å²) in [4.78, 5) is 4.53. The normalized spacial score (nSPS) is 13.4. The zero-order valence-electron chi connectivity index (χ0n) is 16.5. The maximum atomic E-state index is 13.0. The van der Waals surface area contributed by atoms with Crippen LogP contribution in [0.15, 0.2) is 41.5 Å². The van der Waals surface area contributed by atoms with Gasteiger partial charge >= 0.3 is 0 Å². The lowest BCUT2D eigenvalue weighted by atomic mass is 10.3. The molecule has 2 aromatic rings. The molecule has 0 spiro atoms. The predicted molar refractivity (Wildman–Crippen MR) is 110 cm³/mol. The van der Waals surface area contributed by atoms with Crippen LogP contribution in [0, 0.1) is 5.82 Å². The molecule has 154 valence electrons. The fraction of sp³-hybridized carbons (Fsp3) is 0.474. The summed E-state index contributed by atoms with van der Waals surface area (Å²) in [5.41, 5.74) is 1.68. The monoisotopic (exact) mass is 409 g/mol. The van der Waals surface area contributed by atoms with Crippen molar-refractivity contribution in [2.45, 2.75) is 32.7 Å². The van der Waals surface area contributed by atoms with E-state index in [1.165, 1.54) is 18.4 Å². The number of aliphatic imine (C=N–C) groups is 1. The molecular weight excluding hydrogens is 381 g/mol. The van der Waals surface area contributed by atoms with Gasteiger partial charge in [0, 0.05) is 38.0 Å². The molecule has 2 rings (SSSR count). The van der Waals surface area contributed by atoms with E-state index in [1.54, 1.807) is 16.8 Å². The van der Waals surface area contributed by atoms with Gasteiger partial charge in [-0.25, -0.2) is 17.5 Å². The van der Waals surface area contributed by atoms with Crippen molar-refractivity contribution in [2.75, 3.05) is 25.1 Å². The van der Waals surface area contributed by atoms with Crippen LogP contribution in [0.4, 0.5) is 4.39 Å². The van der Waals surface area contributed by atoms with Gasteiger partial charge in [0.25, 0.3) is 0 Å². The van der Waals surface area contributed by atoms with Crippen LogP contribution in [0.1, 0.15) is 26.0 Å². The predicted octanol–water partition coefficient (Wildman–Crippen LogP) is 1.93. The summed E-state index contributed by atoms with van der Waals surface area (Å²) in [5, 5.41) is 10.9. The molecule has 28 heavy (non-hydrogen) atoms. The smallest absolute Gasteiger partial charge is 0.191 e. The topological polar surface area (TPSA) is 88.4 Å². The maximum absolute atomic E-state index is 13.0. The highest BCUT2D eigenvalue weighted by Gasteiger charge is 2.09. The second-order valence-electron chi connectivity index (χ2n) is 6.70. The van der Waals surface area contributed by atoms with Crippen LogP contribution in [-0.2, 0) is 16.3 Å². The minimum absolute atomic E-state index is 0.00907. The number of halogens is 1. The lowest BCUT2D eigenvalue weighted by Gasteiger charge is -2.17. The molecule has 0 aliphatic heterocycles. The highest BCUT2D eigenvalue weighted by Crippen LogP contribution is 2.09. The first-order valence-electron chi connectivity index (χ1n) is 9.30. The Labute approximate surface area is 166 Å². The molecule has 2 N–H and O–H groups in total. The van der Waals surface area contributed by atoms with E-state index < -0.39 is 9.84 Å². The Morgan fingerprint density at radius 3 is 2.64 bits per heavy atom. The van der Waals surface area contributed by atoms with Crippen molar-refractivity contribution in [3.05, 3.63) is 48.0 Å². The summed E-state index contributed by atoms with van der Waals surface area (Å²) >= 11 is 0. The number of nitrogens with one attached hydrogen (secondary N) is 2. The highest BCUT2D eigenvalue weighted by molar-refractivity contribution is 7.90. The molecule has 9 heteroatoms. The average Bonchev–Trinajstić information content (AvgIpc) is 3.09. The molecule has 1 heterocycles. The van der Waals surface area contributed by atoms with E-state index in [9.17, 15) is 12.8 Å². The summed E-state index contributed by atoms with van der Waals surface area (Å²) in [6, 6.07) is 8.06. The number of hydrogen-bond donors (Lipinski definition) is 2. The third-order valence-electron chi connectivity index (χ3n) is 4.02. The first-order chi connectivity index (χ1) is 13.3. The number of aromatic nitrogens is 2. The Bertz CT molecular complexity index is 878. The van der Waals surface area contributed by atoms with Gasteiger partial charge in [0.05, 0.1) is 17.1 Å². The molecule has 0 amide bonds. The van der Waals surface area contributed by atoms with Gasteiger partial charge < -0.3 is 10.6 Å². The third kappa shape index (κ3) is 7.67. The molecule has 0 bridgehead atoms. The van der Waals surface area contributed by atoms with Crippen molar-refractivity contribution >= 4 is 15.8 Å². The zero-order valence-corrected chi connectivity index (χ0v) is 17.3. The van der Waals surface area contributed by atoms with Crippen LogP contribution in [0.2, 0.25) is 0 Å². The molecule has 0 saturated heterocycles. The van der Waals surface area contributed by atoms with E-state index >= 15 is 0 Å². The van der Waals surface area contributed by atoms with Gasteiger partial charge in [-0.2, -0.15) is 5.10 Å². The number of rotatable bonds is 9. The summed E-state index contributed by atoms with van der Waals surface area (Å²) in [5.74, 6) is 0.516. The van der Waals surface area contributed by atoms with Crippen molar-refractivity contribution in [1.29, 1.82) is 0 Å². The quantitative estimate of drug-likeness (QED) is 0.488. The molecule has 1 aromatic carbocycles. The number of hydrogen-bond acceptors (Lipinski definition) is 4. The van der Waals surface area contributed by atoms with Crippen molar-refractivity contribution in [2.24, 2.45) is 4.99 Å². The van der Waals surface area contributed by atoms with Crippen LogP contribution >= 0.6 is 0 Å². The standard InChI is InChI=1S/C19H28FN5O2S/c1-4-21-19(23-15(2)11-14-28(3,26)27)22-12-9-17-10-13-25(24-17)18-7-5-16(20)6-8-18/h5-8,10,13,15H,4,9,11-12,14H2,1-3H3,(H2,21,22,23). The van der Waals surface area contributed by atoms with Crippen LogP contribution in [0.5, 0.6) is 0 Å². The number of sulfone groups is 1. The number of guanidine groups is 1. The van der Waals surface area contributed by atoms with E-state index in [1.807, 2.05) is 26.1 Å². The summed E-state index contributed by atoms with van der Waals surface area (Å²) < 4.78 is 37.3. The molecule has 1 unspecified atom stereocenters. The zero-order chi connectivity index (χ0) is 20.6. The molecule has 0 fully saturated rings. The third-order valence-corrected chi connectivity index (χ3v) is 5.00. The van der Waals surface area contributed by atoms with Crippen molar-refractivity contribution < 1.29 is 12.8 Å². The van der Waals surface area contributed by atoms with Gasteiger partial charge in [0.2, 0.25) is 0 Å². The number of benzene rings is 1. The van der Waals surface area contributed by atoms with Crippen LogP contribution in [0.3, 0.4) is 0 Å². The van der Waals surface area contributed by atoms with E-state index in [2.05, 4.69) is 20.7 Å². The Hall–Kier alpha value is -2.42. The molecular formula is C19H28FN5O2S. The fourth-order valence-electron chi connectivity index (χ4n) is 2.53. The van der Waals surface area contributed by atoms with Gasteiger partial charge in [0.1, 0.15) is 15.7 Å². The Kier molecular flexibility index (Phi) is 7.98. The summed E-state index contributed by atoms with van der Waals surface area (Å²) in [6.45, 7) is 5.16. The van der Waals surface area contributed by atoms with Gasteiger partial charge in [-0.1, -0.05) is 0 Å². The lowest BCUT2D eigenvalue weighted by Crippen LogP contribution is -2.43. The first-order valence-corrected chi connectivity index (χ1v) is 11.4. The van der Waals surface area contributed by atoms with Gasteiger partial charge in [-0.3, -0.25) is 4.99 Å². The van der Waals surface area contributed by atoms with Crippen LogP contribution < -0.4 is 10.6 Å². The molecule has 7 nitrogen and oxygen atoms in total. The van der Waals surface area contributed by atoms with Crippen molar-refractivity contribution in [1.82, 2.24) is 20.4 Å². The van der Waals surface area contributed by atoms with E-state index in [0.29, 0.717) is 31.9 Å². The first kappa shape index (κ1) is 21.9. The van der Waals surface area contributed by atoms with Gasteiger partial charge in [-0.05, 0) is 50.6 Å². The minimum atomic E-state index is -2.97. The summed E-state index contributed by atoms with van der Waals surface area (Å²) in [7, 11) is -2.97. The molecule has 0 aliphatic carbocycles. The molecule has 0 aliphatic rings. The van der Waals surface area contributed by atoms with Crippen molar-refractivity contribution in [3.8, 4) is 5.69 Å². The summed E-state index contributed by atoms with van der Waals surface area (Å²) in [6.07, 6.45) is 4.25. The average molecular weight is 410 g/mol. The second kappa shape index (κ2) is 10.2. The van der Waals surface area contributed by atoms with E-state index in [-0.39, 0.29) is 17.6 Å². The van der Waals surface area contributed by atoms with E-state index in [0.717, 1.165) is 11.4 Å². The Balaban J connectivity index is 1.90. The highest BCUT2D eigenvalue weighted by atomic mass is 32.2. The SMILES string of the molecule is CCNC(=NCCc1ccn(-c2ccc(F)cc2)n1)NC(C)CCS(C)(=O)=O. The fourth-order valence-corrected chi connectivity index (χ4v) is 3.31. The minimum Gasteiger partial charge on any atom is -0.357 e. The molecule has 0 radical (unpaired) electrons. The largest absolute Gasteiger partial charge is 0.357 e. The van der Waals surface area contributed by atoms with Gasteiger partial charge in [0.15, 0.2) is 5.96 Å². The maximum Gasteiger partial charge on any atom is 0.191 e. The molecule has 0 saturated carbocycles. The Morgan fingerprint density at radius 2 is 2.00 bits per heavy atom. The molecule has 1 atom stereocenters. The van der Waals surface area contributed by atoms with Crippen molar-refractivity contribution in [3.63, 3.8) is 0 Å². The Morgan fingerprint density at radius 1 is 1.29 bits per heavy atom. The van der Waals surface area contributed by atoms with Crippen LogP contribution in [0.25, 0.3) is 5.69 Å². The van der Waals surface area contributed by atoms with E-state index in [4.69, 9.17) is 0 Å². The lowest BCUT2D eigenvalue weighted by molar-refractivity contribution is 0.581. The second-order valence-corrected chi connectivity index (χ2v) is 8.96. The number of nitrogens with zero attached hydrogens (tertiary/aromatic N) is 3.